The molecule has 7 heteroatoms. The lowest BCUT2D eigenvalue weighted by atomic mass is 9.43. The predicted molar refractivity (Wildman–Crippen MR) is 147 cm³/mol. The summed E-state index contributed by atoms with van der Waals surface area (Å²) in [5, 5.41) is 15.7. The number of aliphatic hydroxyl groups is 1. The van der Waals surface area contributed by atoms with Crippen molar-refractivity contribution >= 4 is 6.09 Å². The fourth-order valence-electron chi connectivity index (χ4n) is 9.38. The van der Waals surface area contributed by atoms with Crippen molar-refractivity contribution in [3.05, 3.63) is 34.4 Å². The van der Waals surface area contributed by atoms with Crippen LogP contribution in [0.25, 0.3) is 0 Å². The molecule has 8 unspecified atom stereocenters. The maximum atomic E-state index is 12.9. The molecule has 0 spiro atoms. The van der Waals surface area contributed by atoms with Crippen LogP contribution in [-0.4, -0.2) is 54.0 Å². The Morgan fingerprint density at radius 2 is 1.92 bits per heavy atom. The third kappa shape index (κ3) is 4.51. The number of likely N-dealkylation sites (N-methyl/N-ethyl adjacent to an activating group) is 2. The number of rotatable bonds is 7. The first kappa shape index (κ1) is 27.7. The molecule has 1 aromatic rings. The minimum atomic E-state index is -0.692. The summed E-state index contributed by atoms with van der Waals surface area (Å²) in [6.07, 6.45) is 10.3. The van der Waals surface area contributed by atoms with Crippen molar-refractivity contribution in [3.63, 3.8) is 0 Å². The summed E-state index contributed by atoms with van der Waals surface area (Å²) < 4.78 is 11.3. The second-order valence-corrected chi connectivity index (χ2v) is 13.1. The lowest BCUT2D eigenvalue weighted by Gasteiger charge is -2.63. The zero-order chi connectivity index (χ0) is 27.1. The third-order valence-corrected chi connectivity index (χ3v) is 11.6. The number of hydrogen-bond donors (Lipinski definition) is 2. The molecule has 4 fully saturated rings. The van der Waals surface area contributed by atoms with Gasteiger partial charge in [-0.3, -0.25) is 0 Å². The van der Waals surface area contributed by atoms with Gasteiger partial charge in [0, 0.05) is 31.1 Å². The van der Waals surface area contributed by atoms with E-state index in [4.69, 9.17) is 9.15 Å². The molecule has 4 aliphatic carbocycles. The van der Waals surface area contributed by atoms with E-state index in [1.165, 1.54) is 6.07 Å². The van der Waals surface area contributed by atoms with E-state index in [0.29, 0.717) is 30.8 Å². The molecule has 5 rings (SSSR count). The van der Waals surface area contributed by atoms with Crippen LogP contribution in [0.1, 0.15) is 97.0 Å². The van der Waals surface area contributed by atoms with E-state index in [0.717, 1.165) is 76.4 Å². The summed E-state index contributed by atoms with van der Waals surface area (Å²) in [7, 11) is 0. The summed E-state index contributed by atoms with van der Waals surface area (Å²) >= 11 is 0. The van der Waals surface area contributed by atoms with Gasteiger partial charge in [-0.25, -0.2) is 9.59 Å². The predicted octanol–water partition coefficient (Wildman–Crippen LogP) is 5.32. The van der Waals surface area contributed by atoms with Crippen molar-refractivity contribution in [2.75, 3.05) is 26.2 Å². The standard InChI is InChI=1S/C31H48N2O5/c1-5-32-17-18-33(6-2)28(35)38-23-11-14-29(3)22(19-23)8-9-26-25(29)12-15-30(4)24(13-16-31(26,30)36)21-7-10-27(34)37-20-21/h7,10,20,22-26,32,36H,5-6,8-9,11-19H2,1-4H3. The molecule has 8 atom stereocenters. The molecule has 212 valence electrons. The van der Waals surface area contributed by atoms with Gasteiger partial charge in [0.05, 0.1) is 11.9 Å². The number of nitrogens with one attached hydrogen (secondary N) is 1. The van der Waals surface area contributed by atoms with Gasteiger partial charge in [-0.2, -0.15) is 0 Å². The summed E-state index contributed by atoms with van der Waals surface area (Å²) in [6.45, 7) is 11.9. The van der Waals surface area contributed by atoms with Crippen LogP contribution < -0.4 is 10.9 Å². The number of carbonyl (C=O) groups is 1. The van der Waals surface area contributed by atoms with Crippen molar-refractivity contribution < 1.29 is 19.1 Å². The summed E-state index contributed by atoms with van der Waals surface area (Å²) in [5.41, 5.74) is 0.00733. The molecule has 1 heterocycles. The summed E-state index contributed by atoms with van der Waals surface area (Å²) in [6, 6.07) is 3.42. The number of nitrogens with zero attached hydrogens (tertiary/aromatic N) is 1. The molecule has 0 aliphatic heterocycles. The van der Waals surface area contributed by atoms with Gasteiger partial charge in [0.2, 0.25) is 0 Å². The lowest BCUT2D eigenvalue weighted by molar-refractivity contribution is -0.205. The van der Waals surface area contributed by atoms with Crippen LogP contribution in [0, 0.1) is 28.6 Å². The highest BCUT2D eigenvalue weighted by atomic mass is 16.6. The molecule has 0 saturated heterocycles. The second kappa shape index (κ2) is 10.6. The fourth-order valence-corrected chi connectivity index (χ4v) is 9.38. The Morgan fingerprint density at radius 1 is 1.11 bits per heavy atom. The topological polar surface area (TPSA) is 92.0 Å². The number of fused-ring (bicyclic) bond motifs is 5. The maximum absolute atomic E-state index is 12.9. The molecular weight excluding hydrogens is 480 g/mol. The Hall–Kier alpha value is -1.86. The highest BCUT2D eigenvalue weighted by Crippen LogP contribution is 2.70. The Morgan fingerprint density at radius 3 is 2.63 bits per heavy atom. The zero-order valence-electron chi connectivity index (χ0n) is 23.8. The van der Waals surface area contributed by atoms with Gasteiger partial charge in [0.25, 0.3) is 0 Å². The lowest BCUT2D eigenvalue weighted by Crippen LogP contribution is -2.62. The Kier molecular flexibility index (Phi) is 7.73. The van der Waals surface area contributed by atoms with Gasteiger partial charge >= 0.3 is 11.7 Å². The van der Waals surface area contributed by atoms with Crippen LogP contribution in [-0.2, 0) is 4.74 Å². The minimum absolute atomic E-state index is 0.00847. The van der Waals surface area contributed by atoms with Crippen molar-refractivity contribution in [3.8, 4) is 0 Å². The first-order chi connectivity index (χ1) is 18.2. The normalized spacial score (nSPS) is 40.1. The Bertz CT molecular complexity index is 1040. The molecule has 7 nitrogen and oxygen atoms in total. The third-order valence-electron chi connectivity index (χ3n) is 11.6. The molecule has 4 saturated carbocycles. The maximum Gasteiger partial charge on any atom is 0.410 e. The fraction of sp³-hybridized carbons (Fsp3) is 0.806. The smallest absolute Gasteiger partial charge is 0.410 e. The minimum Gasteiger partial charge on any atom is -0.446 e. The van der Waals surface area contributed by atoms with Crippen LogP contribution in [0.5, 0.6) is 0 Å². The van der Waals surface area contributed by atoms with Gasteiger partial charge in [-0.15, -0.1) is 0 Å². The average Bonchev–Trinajstić information content (AvgIpc) is 3.18. The molecule has 38 heavy (non-hydrogen) atoms. The first-order valence-electron chi connectivity index (χ1n) is 15.1. The van der Waals surface area contributed by atoms with Crippen LogP contribution >= 0.6 is 0 Å². The van der Waals surface area contributed by atoms with E-state index < -0.39 is 5.60 Å². The largest absolute Gasteiger partial charge is 0.446 e. The molecule has 4 aliphatic rings. The van der Waals surface area contributed by atoms with E-state index >= 15 is 0 Å². The van der Waals surface area contributed by atoms with Crippen molar-refractivity contribution in [1.29, 1.82) is 0 Å². The van der Waals surface area contributed by atoms with Gasteiger partial charge in [0.15, 0.2) is 0 Å². The van der Waals surface area contributed by atoms with E-state index in [1.807, 2.05) is 13.0 Å². The molecule has 0 aromatic carbocycles. The van der Waals surface area contributed by atoms with Crippen LogP contribution in [0.4, 0.5) is 4.79 Å². The highest BCUT2D eigenvalue weighted by Gasteiger charge is 2.67. The van der Waals surface area contributed by atoms with Crippen LogP contribution in [0.2, 0.25) is 0 Å². The molecular formula is C31H48N2O5. The monoisotopic (exact) mass is 528 g/mol. The van der Waals surface area contributed by atoms with E-state index in [9.17, 15) is 14.7 Å². The number of ether oxygens (including phenoxy) is 1. The first-order valence-corrected chi connectivity index (χ1v) is 15.1. The Labute approximate surface area is 227 Å². The van der Waals surface area contributed by atoms with Crippen molar-refractivity contribution in [2.24, 2.45) is 28.6 Å². The molecule has 0 radical (unpaired) electrons. The quantitative estimate of drug-likeness (QED) is 0.466. The van der Waals surface area contributed by atoms with Crippen molar-refractivity contribution in [2.45, 2.75) is 103 Å². The summed E-state index contributed by atoms with van der Waals surface area (Å²) in [4.78, 5) is 26.3. The van der Waals surface area contributed by atoms with E-state index in [2.05, 4.69) is 26.1 Å². The molecule has 1 amide bonds. The van der Waals surface area contributed by atoms with Gasteiger partial charge < -0.3 is 24.5 Å². The average molecular weight is 529 g/mol. The Balaban J connectivity index is 1.27. The number of amides is 1. The van der Waals surface area contributed by atoms with Crippen LogP contribution in [0.3, 0.4) is 0 Å². The van der Waals surface area contributed by atoms with E-state index in [1.54, 1.807) is 11.2 Å². The second-order valence-electron chi connectivity index (χ2n) is 13.1. The molecule has 1 aromatic heterocycles. The van der Waals surface area contributed by atoms with Crippen LogP contribution in [0.15, 0.2) is 27.6 Å². The van der Waals surface area contributed by atoms with Gasteiger partial charge in [-0.1, -0.05) is 20.8 Å². The van der Waals surface area contributed by atoms with Gasteiger partial charge in [0.1, 0.15) is 6.10 Å². The number of carbonyl (C=O) groups excluding carboxylic acids is 1. The zero-order valence-corrected chi connectivity index (χ0v) is 23.8. The summed E-state index contributed by atoms with van der Waals surface area (Å²) in [5.74, 6) is 1.54. The SMILES string of the molecule is CCNCCN(CC)C(=O)OC1CCC2(C)C(CCC3C2CCC2(C)C(c4ccc(=O)oc4)CCC32O)C1. The van der Waals surface area contributed by atoms with Gasteiger partial charge in [-0.05, 0) is 112 Å². The number of hydrogen-bond acceptors (Lipinski definition) is 6. The van der Waals surface area contributed by atoms with E-state index in [-0.39, 0.29) is 34.6 Å². The van der Waals surface area contributed by atoms with Crippen molar-refractivity contribution in [1.82, 2.24) is 10.2 Å². The molecule has 2 N–H and O–H groups in total. The highest BCUT2D eigenvalue weighted by molar-refractivity contribution is 5.67. The molecule has 0 bridgehead atoms.